The number of nitrogens with zero attached hydrogens (tertiary/aromatic N) is 1. The molecule has 4 heteroatoms. The fourth-order valence-electron chi connectivity index (χ4n) is 3.27. The first-order valence-electron chi connectivity index (χ1n) is 7.97. The van der Waals surface area contributed by atoms with E-state index in [9.17, 15) is 15.3 Å². The monoisotopic (exact) mass is 331 g/mol. The minimum absolute atomic E-state index is 0.209. The second kappa shape index (κ2) is 5.60. The van der Waals surface area contributed by atoms with Gasteiger partial charge in [-0.3, -0.25) is 0 Å². The van der Waals surface area contributed by atoms with Crippen LogP contribution < -0.4 is 0 Å². The van der Waals surface area contributed by atoms with Crippen molar-refractivity contribution in [3.63, 3.8) is 0 Å². The van der Waals surface area contributed by atoms with Crippen molar-refractivity contribution in [2.45, 2.75) is 6.92 Å². The first-order chi connectivity index (χ1) is 12.0. The smallest absolute Gasteiger partial charge is 0.116 e. The number of hydrogen-bond acceptors (Lipinski definition) is 3. The van der Waals surface area contributed by atoms with Crippen LogP contribution in [-0.2, 0) is 0 Å². The Hall–Kier alpha value is -3.40. The van der Waals surface area contributed by atoms with E-state index in [0.29, 0.717) is 0 Å². The minimum Gasteiger partial charge on any atom is -0.508 e. The lowest BCUT2D eigenvalue weighted by Crippen LogP contribution is -1.97. The Bertz CT molecular complexity index is 1060. The lowest BCUT2D eigenvalue weighted by Gasteiger charge is -2.12. The summed E-state index contributed by atoms with van der Waals surface area (Å²) in [5.41, 5.74) is 4.84. The van der Waals surface area contributed by atoms with Crippen LogP contribution in [0.1, 0.15) is 5.56 Å². The van der Waals surface area contributed by atoms with Gasteiger partial charge in [0.15, 0.2) is 0 Å². The van der Waals surface area contributed by atoms with Gasteiger partial charge >= 0.3 is 0 Å². The highest BCUT2D eigenvalue weighted by atomic mass is 16.3. The topological polar surface area (TPSA) is 65.6 Å². The Balaban J connectivity index is 2.09. The van der Waals surface area contributed by atoms with Crippen LogP contribution in [0.25, 0.3) is 27.8 Å². The van der Waals surface area contributed by atoms with Crippen LogP contribution in [0.2, 0.25) is 0 Å². The Kier molecular flexibility index (Phi) is 3.39. The van der Waals surface area contributed by atoms with E-state index in [1.807, 2.05) is 37.3 Å². The number of fused-ring (bicyclic) bond motifs is 1. The van der Waals surface area contributed by atoms with Crippen LogP contribution >= 0.6 is 0 Å². The zero-order chi connectivity index (χ0) is 17.6. The second-order valence-corrected chi connectivity index (χ2v) is 6.07. The number of phenols is 3. The summed E-state index contributed by atoms with van der Waals surface area (Å²) >= 11 is 0. The number of aromatic hydroxyl groups is 3. The fraction of sp³-hybridized carbons (Fsp3) is 0.0476. The van der Waals surface area contributed by atoms with Crippen LogP contribution in [-0.4, -0.2) is 19.9 Å². The fourth-order valence-corrected chi connectivity index (χ4v) is 3.27. The van der Waals surface area contributed by atoms with Gasteiger partial charge < -0.3 is 19.9 Å². The number of rotatable bonds is 2. The van der Waals surface area contributed by atoms with E-state index in [4.69, 9.17) is 0 Å². The van der Waals surface area contributed by atoms with Crippen LogP contribution in [0.4, 0.5) is 0 Å². The Morgan fingerprint density at radius 3 is 1.88 bits per heavy atom. The van der Waals surface area contributed by atoms with Gasteiger partial charge in [-0.25, -0.2) is 0 Å². The third kappa shape index (κ3) is 2.48. The number of hydrogen-bond donors (Lipinski definition) is 3. The molecule has 4 aromatic rings. The summed E-state index contributed by atoms with van der Waals surface area (Å²) in [5, 5.41) is 30.1. The first kappa shape index (κ1) is 15.1. The Morgan fingerprint density at radius 2 is 1.24 bits per heavy atom. The minimum atomic E-state index is 0.209. The number of aryl methyl sites for hydroxylation is 1. The van der Waals surface area contributed by atoms with Gasteiger partial charge in [0.25, 0.3) is 0 Å². The summed E-state index contributed by atoms with van der Waals surface area (Å²) in [6.45, 7) is 2.01. The predicted octanol–water partition coefficient (Wildman–Crippen LogP) is 4.72. The van der Waals surface area contributed by atoms with Crippen molar-refractivity contribution in [3.8, 4) is 34.2 Å². The molecule has 4 nitrogen and oxygen atoms in total. The molecule has 0 aliphatic rings. The van der Waals surface area contributed by atoms with Crippen LogP contribution in [0, 0.1) is 6.92 Å². The summed E-state index contributed by atoms with van der Waals surface area (Å²) in [4.78, 5) is 0. The lowest BCUT2D eigenvalue weighted by atomic mass is 10.1. The molecular formula is C21H17NO3. The van der Waals surface area contributed by atoms with Crippen molar-refractivity contribution in [2.75, 3.05) is 0 Å². The van der Waals surface area contributed by atoms with E-state index >= 15 is 0 Å². The first-order valence-corrected chi connectivity index (χ1v) is 7.97. The highest BCUT2D eigenvalue weighted by molar-refractivity contribution is 5.94. The average molecular weight is 331 g/mol. The highest BCUT2D eigenvalue weighted by Crippen LogP contribution is 2.37. The van der Waals surface area contributed by atoms with E-state index in [1.165, 1.54) is 0 Å². The van der Waals surface area contributed by atoms with E-state index < -0.39 is 0 Å². The molecule has 0 aliphatic heterocycles. The van der Waals surface area contributed by atoms with Gasteiger partial charge in [0.1, 0.15) is 17.2 Å². The Labute approximate surface area is 144 Å². The molecule has 0 saturated heterocycles. The van der Waals surface area contributed by atoms with Crippen LogP contribution in [0.5, 0.6) is 17.2 Å². The molecule has 3 N–H and O–H groups in total. The summed E-state index contributed by atoms with van der Waals surface area (Å²) in [5.74, 6) is 0.641. The maximum absolute atomic E-state index is 9.89. The molecule has 124 valence electrons. The van der Waals surface area contributed by atoms with Crippen LogP contribution in [0.3, 0.4) is 0 Å². The molecule has 0 unspecified atom stereocenters. The van der Waals surface area contributed by atoms with E-state index in [2.05, 4.69) is 4.57 Å². The van der Waals surface area contributed by atoms with E-state index in [1.54, 1.807) is 36.4 Å². The van der Waals surface area contributed by atoms with Gasteiger partial charge in [-0.2, -0.15) is 0 Å². The van der Waals surface area contributed by atoms with Crippen molar-refractivity contribution in [2.24, 2.45) is 0 Å². The number of aromatic nitrogens is 1. The predicted molar refractivity (Wildman–Crippen MR) is 98.4 cm³/mol. The summed E-state index contributed by atoms with van der Waals surface area (Å²) in [6.07, 6.45) is 0. The zero-order valence-corrected chi connectivity index (χ0v) is 13.6. The normalized spacial score (nSPS) is 11.1. The quantitative estimate of drug-likeness (QED) is 0.498. The molecule has 25 heavy (non-hydrogen) atoms. The van der Waals surface area contributed by atoms with Crippen molar-refractivity contribution in [1.82, 2.24) is 4.57 Å². The van der Waals surface area contributed by atoms with E-state index in [-0.39, 0.29) is 17.2 Å². The van der Waals surface area contributed by atoms with Crippen molar-refractivity contribution in [1.29, 1.82) is 0 Å². The molecule has 0 spiro atoms. The largest absolute Gasteiger partial charge is 0.508 e. The van der Waals surface area contributed by atoms with Crippen molar-refractivity contribution >= 4 is 10.9 Å². The number of benzene rings is 3. The zero-order valence-electron chi connectivity index (χ0n) is 13.6. The molecule has 0 fully saturated rings. The lowest BCUT2D eigenvalue weighted by molar-refractivity contribution is 0.474. The van der Waals surface area contributed by atoms with Gasteiger partial charge in [-0.15, -0.1) is 0 Å². The van der Waals surface area contributed by atoms with Crippen molar-refractivity contribution in [3.05, 3.63) is 72.3 Å². The molecule has 0 bridgehead atoms. The van der Waals surface area contributed by atoms with Gasteiger partial charge in [0.05, 0.1) is 11.2 Å². The van der Waals surface area contributed by atoms with E-state index in [0.717, 1.165) is 33.4 Å². The standard InChI is InChI=1S/C21H17NO3/c1-13-19-12-18(25)10-11-20(19)22(15-4-8-17(24)9-5-15)21(13)14-2-6-16(23)7-3-14/h2-12,23-25H,1H3. The molecule has 0 radical (unpaired) electrons. The molecule has 0 amide bonds. The van der Waals surface area contributed by atoms with Crippen molar-refractivity contribution < 1.29 is 15.3 Å². The average Bonchev–Trinajstić information content (AvgIpc) is 2.89. The molecule has 1 aromatic heterocycles. The summed E-state index contributed by atoms with van der Waals surface area (Å²) in [6, 6.07) is 19.4. The molecule has 1 heterocycles. The molecule has 4 rings (SSSR count). The van der Waals surface area contributed by atoms with Gasteiger partial charge in [-0.05, 0) is 84.8 Å². The molecular weight excluding hydrogens is 314 g/mol. The third-order valence-electron chi connectivity index (χ3n) is 4.45. The SMILES string of the molecule is Cc1c(-c2ccc(O)cc2)n(-c2ccc(O)cc2)c2ccc(O)cc12. The maximum atomic E-state index is 9.89. The van der Waals surface area contributed by atoms with Gasteiger partial charge in [0.2, 0.25) is 0 Å². The highest BCUT2D eigenvalue weighted by Gasteiger charge is 2.17. The summed E-state index contributed by atoms with van der Waals surface area (Å²) in [7, 11) is 0. The van der Waals surface area contributed by atoms with Gasteiger partial charge in [-0.1, -0.05) is 0 Å². The number of phenolic OH excluding ortho intramolecular Hbond substituents is 3. The Morgan fingerprint density at radius 1 is 0.680 bits per heavy atom. The molecule has 0 saturated carbocycles. The molecule has 3 aromatic carbocycles. The summed E-state index contributed by atoms with van der Waals surface area (Å²) < 4.78 is 2.09. The second-order valence-electron chi connectivity index (χ2n) is 6.07. The maximum Gasteiger partial charge on any atom is 0.116 e. The third-order valence-corrected chi connectivity index (χ3v) is 4.45. The molecule has 0 atom stereocenters. The van der Waals surface area contributed by atoms with Crippen LogP contribution in [0.15, 0.2) is 66.7 Å². The molecule has 0 aliphatic carbocycles. The van der Waals surface area contributed by atoms with Gasteiger partial charge in [0, 0.05) is 11.1 Å².